The Balaban J connectivity index is 1.65. The van der Waals surface area contributed by atoms with E-state index in [1.54, 1.807) is 0 Å². The van der Waals surface area contributed by atoms with Gasteiger partial charge in [0, 0.05) is 15.9 Å². The average molecular weight is 402 g/mol. The molecule has 6 rings (SSSR count). The highest BCUT2D eigenvalue weighted by Crippen LogP contribution is 2.53. The third kappa shape index (κ3) is 2.39. The van der Waals surface area contributed by atoms with E-state index in [0.29, 0.717) is 0 Å². The first-order valence-electron chi connectivity index (χ1n) is 10.2. The van der Waals surface area contributed by atoms with Gasteiger partial charge >= 0.3 is 0 Å². The molecule has 0 bridgehead atoms. The highest BCUT2D eigenvalue weighted by Gasteiger charge is 2.41. The van der Waals surface area contributed by atoms with Crippen molar-refractivity contribution in [3.63, 3.8) is 0 Å². The Labute approximate surface area is 176 Å². The first-order valence-corrected chi connectivity index (χ1v) is 11.9. The molecule has 142 valence electrons. The molecule has 0 atom stereocenters. The van der Waals surface area contributed by atoms with Crippen molar-refractivity contribution in [3.05, 3.63) is 115 Å². The van der Waals surface area contributed by atoms with Crippen molar-refractivity contribution in [2.75, 3.05) is 0 Å². The Kier molecular flexibility index (Phi) is 3.81. The molecule has 30 heavy (non-hydrogen) atoms. The Bertz CT molecular complexity index is 1430. The van der Waals surface area contributed by atoms with Gasteiger partial charge < -0.3 is 4.57 Å². The van der Waals surface area contributed by atoms with Crippen molar-refractivity contribution in [1.29, 1.82) is 0 Å². The van der Waals surface area contributed by atoms with Crippen molar-refractivity contribution in [2.24, 2.45) is 0 Å². The monoisotopic (exact) mass is 402 g/mol. The van der Waals surface area contributed by atoms with Crippen LogP contribution in [0.5, 0.6) is 0 Å². The lowest BCUT2D eigenvalue weighted by Gasteiger charge is -2.20. The Morgan fingerprint density at radius 3 is 1.53 bits per heavy atom. The van der Waals surface area contributed by atoms with Crippen molar-refractivity contribution < 1.29 is 4.57 Å². The van der Waals surface area contributed by atoms with Gasteiger partial charge in [0.1, 0.15) is 0 Å². The fraction of sp³-hybridized carbons (Fsp3) is 0. The quantitative estimate of drug-likeness (QED) is 0.319. The van der Waals surface area contributed by atoms with Gasteiger partial charge in [-0.3, -0.25) is 0 Å². The SMILES string of the molecule is O=P1(c2ccccc2-c2ccc3ccccc3c2)c2ccccc2-c2ccccc21. The molecule has 0 saturated carbocycles. The molecule has 1 aliphatic rings. The summed E-state index contributed by atoms with van der Waals surface area (Å²) in [4.78, 5) is 0. The van der Waals surface area contributed by atoms with Crippen LogP contribution in [0.25, 0.3) is 33.0 Å². The van der Waals surface area contributed by atoms with Crippen LogP contribution in [0.1, 0.15) is 0 Å². The minimum Gasteiger partial charge on any atom is -0.309 e. The summed E-state index contributed by atoms with van der Waals surface area (Å²) in [5, 5.41) is 5.20. The molecule has 2 heteroatoms. The maximum Gasteiger partial charge on any atom is 0.172 e. The molecular weight excluding hydrogens is 383 g/mol. The van der Waals surface area contributed by atoms with Gasteiger partial charge in [0.05, 0.1) is 0 Å². The summed E-state index contributed by atoms with van der Waals surface area (Å²) in [5.41, 5.74) is 4.31. The number of hydrogen-bond donors (Lipinski definition) is 0. The predicted octanol–water partition coefficient (Wildman–Crippen LogP) is 6.13. The molecule has 0 spiro atoms. The second-order valence-corrected chi connectivity index (χ2v) is 10.4. The number of hydrogen-bond acceptors (Lipinski definition) is 1. The smallest absolute Gasteiger partial charge is 0.172 e. The van der Waals surface area contributed by atoms with E-state index in [-0.39, 0.29) is 0 Å². The number of benzene rings is 5. The summed E-state index contributed by atoms with van der Waals surface area (Å²) < 4.78 is 14.9. The van der Waals surface area contributed by atoms with Gasteiger partial charge in [-0.25, -0.2) is 0 Å². The number of rotatable bonds is 2. The molecule has 0 aliphatic carbocycles. The van der Waals surface area contributed by atoms with E-state index in [1.807, 2.05) is 54.6 Å². The zero-order chi connectivity index (χ0) is 20.1. The van der Waals surface area contributed by atoms with E-state index in [9.17, 15) is 4.57 Å². The molecule has 1 heterocycles. The minimum absolute atomic E-state index is 0.915. The molecular formula is C28H19OP. The molecule has 0 aromatic heterocycles. The van der Waals surface area contributed by atoms with Crippen LogP contribution in [0.3, 0.4) is 0 Å². The summed E-state index contributed by atoms with van der Waals surface area (Å²) in [5.74, 6) is 0. The third-order valence-corrected chi connectivity index (χ3v) is 9.29. The van der Waals surface area contributed by atoms with Gasteiger partial charge in [-0.15, -0.1) is 0 Å². The molecule has 0 amide bonds. The molecule has 0 radical (unpaired) electrons. The molecule has 0 fully saturated rings. The van der Waals surface area contributed by atoms with Crippen LogP contribution in [0.4, 0.5) is 0 Å². The average Bonchev–Trinajstić information content (AvgIpc) is 3.09. The van der Waals surface area contributed by atoms with Crippen LogP contribution in [-0.4, -0.2) is 0 Å². The lowest BCUT2D eigenvalue weighted by molar-refractivity contribution is 0.593. The van der Waals surface area contributed by atoms with Crippen LogP contribution in [0, 0.1) is 0 Å². The second kappa shape index (κ2) is 6.55. The number of fused-ring (bicyclic) bond motifs is 4. The van der Waals surface area contributed by atoms with E-state index in [4.69, 9.17) is 0 Å². The molecule has 1 nitrogen and oxygen atoms in total. The van der Waals surface area contributed by atoms with Gasteiger partial charge in [0.25, 0.3) is 0 Å². The molecule has 5 aromatic rings. The van der Waals surface area contributed by atoms with E-state index in [1.165, 1.54) is 10.8 Å². The summed E-state index contributed by atoms with van der Waals surface area (Å²) in [7, 11) is -2.97. The topological polar surface area (TPSA) is 17.1 Å². The Hall–Kier alpha value is -3.41. The van der Waals surface area contributed by atoms with E-state index < -0.39 is 7.14 Å². The van der Waals surface area contributed by atoms with E-state index in [2.05, 4.69) is 60.7 Å². The largest absolute Gasteiger partial charge is 0.309 e. The molecule has 0 N–H and O–H groups in total. The minimum atomic E-state index is -2.97. The maximum atomic E-state index is 14.9. The third-order valence-electron chi connectivity index (χ3n) is 6.08. The van der Waals surface area contributed by atoms with Crippen molar-refractivity contribution in [1.82, 2.24) is 0 Å². The molecule has 5 aromatic carbocycles. The lowest BCUT2D eigenvalue weighted by atomic mass is 10.0. The summed E-state index contributed by atoms with van der Waals surface area (Å²) in [6.07, 6.45) is 0. The molecule has 0 unspecified atom stereocenters. The highest BCUT2D eigenvalue weighted by atomic mass is 31.2. The standard InChI is InChI=1S/C28H19OP/c29-30(27-15-7-4-12-24(27)25-13-5-8-16-28(25)30)26-14-6-3-11-23(26)22-18-17-20-9-1-2-10-21(20)19-22/h1-19H. The van der Waals surface area contributed by atoms with E-state index in [0.717, 1.165) is 38.2 Å². The molecule has 1 aliphatic heterocycles. The van der Waals surface area contributed by atoms with Crippen molar-refractivity contribution in [3.8, 4) is 22.3 Å². The van der Waals surface area contributed by atoms with Gasteiger partial charge in [0.2, 0.25) is 0 Å². The first kappa shape index (κ1) is 17.4. The van der Waals surface area contributed by atoms with Crippen LogP contribution in [0.15, 0.2) is 115 Å². The summed E-state index contributed by atoms with van der Waals surface area (Å²) in [6, 6.07) is 39.3. The Morgan fingerprint density at radius 2 is 0.900 bits per heavy atom. The zero-order valence-corrected chi connectivity index (χ0v) is 17.2. The van der Waals surface area contributed by atoms with Crippen LogP contribution < -0.4 is 15.9 Å². The summed E-state index contributed by atoms with van der Waals surface area (Å²) >= 11 is 0. The van der Waals surface area contributed by atoms with Crippen molar-refractivity contribution >= 4 is 33.8 Å². The van der Waals surface area contributed by atoms with Gasteiger partial charge in [0.15, 0.2) is 7.14 Å². The fourth-order valence-electron chi connectivity index (χ4n) is 4.69. The maximum absolute atomic E-state index is 14.9. The van der Waals surface area contributed by atoms with Crippen LogP contribution >= 0.6 is 7.14 Å². The van der Waals surface area contributed by atoms with Gasteiger partial charge in [-0.2, -0.15) is 0 Å². The fourth-order valence-corrected chi connectivity index (χ4v) is 7.97. The predicted molar refractivity (Wildman–Crippen MR) is 128 cm³/mol. The Morgan fingerprint density at radius 1 is 0.433 bits per heavy atom. The van der Waals surface area contributed by atoms with Gasteiger partial charge in [-0.1, -0.05) is 109 Å². The van der Waals surface area contributed by atoms with Crippen LogP contribution in [0.2, 0.25) is 0 Å². The van der Waals surface area contributed by atoms with Crippen molar-refractivity contribution in [2.45, 2.75) is 0 Å². The first-order chi connectivity index (χ1) is 14.8. The van der Waals surface area contributed by atoms with Crippen LogP contribution in [-0.2, 0) is 4.57 Å². The highest BCUT2D eigenvalue weighted by molar-refractivity contribution is 7.86. The summed E-state index contributed by atoms with van der Waals surface area (Å²) in [6.45, 7) is 0. The van der Waals surface area contributed by atoms with E-state index >= 15 is 0 Å². The normalized spacial score (nSPS) is 13.7. The zero-order valence-electron chi connectivity index (χ0n) is 16.3. The van der Waals surface area contributed by atoms with Gasteiger partial charge in [-0.05, 0) is 39.1 Å². The lowest BCUT2D eigenvalue weighted by Crippen LogP contribution is -2.22. The molecule has 0 saturated heterocycles. The second-order valence-electron chi connectivity index (χ2n) is 7.72.